The molecule has 3 unspecified atom stereocenters. The van der Waals surface area contributed by atoms with Gasteiger partial charge >= 0.3 is 0 Å². The van der Waals surface area contributed by atoms with Crippen LogP contribution in [0.2, 0.25) is 0 Å². The second-order valence-electron chi connectivity index (χ2n) is 6.25. The fourth-order valence-corrected chi connectivity index (χ4v) is 3.49. The van der Waals surface area contributed by atoms with Crippen LogP contribution >= 0.6 is 0 Å². The first-order valence-electron chi connectivity index (χ1n) is 7.97. The topological polar surface area (TPSA) is 12.0 Å². The van der Waals surface area contributed by atoms with Gasteiger partial charge in [-0.25, -0.2) is 0 Å². The van der Waals surface area contributed by atoms with E-state index >= 15 is 0 Å². The van der Waals surface area contributed by atoms with Gasteiger partial charge < -0.3 is 5.32 Å². The summed E-state index contributed by atoms with van der Waals surface area (Å²) in [4.78, 5) is 0. The summed E-state index contributed by atoms with van der Waals surface area (Å²) in [6, 6.07) is 10.0. The molecule has 1 aliphatic rings. The first-order chi connectivity index (χ1) is 9.15. The molecular weight excluding hydrogens is 230 g/mol. The Kier molecular flexibility index (Phi) is 4.67. The van der Waals surface area contributed by atoms with Crippen molar-refractivity contribution >= 4 is 0 Å². The monoisotopic (exact) mass is 259 g/mol. The van der Waals surface area contributed by atoms with E-state index in [2.05, 4.69) is 57.3 Å². The van der Waals surface area contributed by atoms with Crippen LogP contribution in [0, 0.1) is 5.41 Å². The molecule has 0 saturated heterocycles. The van der Waals surface area contributed by atoms with Crippen molar-refractivity contribution in [1.29, 1.82) is 0 Å². The molecule has 0 heterocycles. The van der Waals surface area contributed by atoms with Gasteiger partial charge in [-0.1, -0.05) is 52.0 Å². The van der Waals surface area contributed by atoms with Crippen LogP contribution in [0.5, 0.6) is 0 Å². The molecule has 0 aromatic heterocycles. The zero-order valence-corrected chi connectivity index (χ0v) is 13.0. The highest BCUT2D eigenvalue weighted by atomic mass is 15.0. The summed E-state index contributed by atoms with van der Waals surface area (Å²) in [5.74, 6) is 0.734. The molecule has 1 aromatic rings. The molecule has 2 rings (SSSR count). The molecule has 0 amide bonds. The van der Waals surface area contributed by atoms with Crippen LogP contribution in [0.4, 0.5) is 0 Å². The molecule has 19 heavy (non-hydrogen) atoms. The number of rotatable bonds is 6. The lowest BCUT2D eigenvalue weighted by molar-refractivity contribution is 0.0445. The van der Waals surface area contributed by atoms with E-state index in [1.807, 2.05) is 0 Å². The summed E-state index contributed by atoms with van der Waals surface area (Å²) >= 11 is 0. The molecule has 1 heteroatoms. The minimum absolute atomic E-state index is 0.433. The molecule has 106 valence electrons. The van der Waals surface area contributed by atoms with E-state index in [1.54, 1.807) is 0 Å². The average molecular weight is 259 g/mol. The third kappa shape index (κ3) is 2.72. The van der Waals surface area contributed by atoms with Gasteiger partial charge in [0, 0.05) is 6.04 Å². The van der Waals surface area contributed by atoms with Crippen LogP contribution in [0.3, 0.4) is 0 Å². The SMILES string of the molecule is CCCNC1CC(c2ccc(CC)cc2)C1(C)CC. The standard InChI is InChI=1S/C18H29N/c1-5-12-19-17-13-16(18(17,4)7-3)15-10-8-14(6-2)9-11-15/h8-11,16-17,19H,5-7,12-13H2,1-4H3. The summed E-state index contributed by atoms with van der Waals surface area (Å²) in [6.45, 7) is 10.4. The summed E-state index contributed by atoms with van der Waals surface area (Å²) < 4.78 is 0. The Morgan fingerprint density at radius 1 is 1.16 bits per heavy atom. The van der Waals surface area contributed by atoms with E-state index in [4.69, 9.17) is 0 Å². The number of hydrogen-bond donors (Lipinski definition) is 1. The maximum atomic E-state index is 3.73. The van der Waals surface area contributed by atoms with E-state index in [1.165, 1.54) is 30.4 Å². The van der Waals surface area contributed by atoms with E-state index < -0.39 is 0 Å². The van der Waals surface area contributed by atoms with Crippen LogP contribution in [0.15, 0.2) is 24.3 Å². The predicted octanol–water partition coefficient (Wildman–Crippen LogP) is 4.52. The largest absolute Gasteiger partial charge is 0.313 e. The molecule has 1 saturated carbocycles. The zero-order valence-electron chi connectivity index (χ0n) is 13.0. The molecular formula is C18H29N. The smallest absolute Gasteiger partial charge is 0.0133 e. The Bertz CT molecular complexity index is 395. The van der Waals surface area contributed by atoms with E-state index in [0.29, 0.717) is 11.5 Å². The molecule has 3 atom stereocenters. The van der Waals surface area contributed by atoms with Crippen LogP contribution in [-0.4, -0.2) is 12.6 Å². The molecule has 0 spiro atoms. The van der Waals surface area contributed by atoms with Crippen molar-refractivity contribution in [3.8, 4) is 0 Å². The highest BCUT2D eigenvalue weighted by Crippen LogP contribution is 2.54. The molecule has 0 bridgehead atoms. The molecule has 1 aliphatic carbocycles. The number of aryl methyl sites for hydroxylation is 1. The maximum absolute atomic E-state index is 3.73. The van der Waals surface area contributed by atoms with Gasteiger partial charge in [0.1, 0.15) is 0 Å². The fourth-order valence-electron chi connectivity index (χ4n) is 3.49. The molecule has 1 fully saturated rings. The lowest BCUT2D eigenvalue weighted by Crippen LogP contribution is -2.56. The van der Waals surface area contributed by atoms with Crippen molar-refractivity contribution in [3.05, 3.63) is 35.4 Å². The van der Waals surface area contributed by atoms with Gasteiger partial charge in [0.15, 0.2) is 0 Å². The third-order valence-electron chi connectivity index (χ3n) is 5.26. The quantitative estimate of drug-likeness (QED) is 0.792. The second-order valence-corrected chi connectivity index (χ2v) is 6.25. The van der Waals surface area contributed by atoms with Crippen LogP contribution in [0.1, 0.15) is 64.0 Å². The van der Waals surface area contributed by atoms with Crippen molar-refractivity contribution in [2.45, 2.75) is 65.3 Å². The Hall–Kier alpha value is -0.820. The number of benzene rings is 1. The Balaban J connectivity index is 2.08. The highest BCUT2D eigenvalue weighted by molar-refractivity contribution is 5.31. The van der Waals surface area contributed by atoms with Crippen molar-refractivity contribution in [3.63, 3.8) is 0 Å². The molecule has 0 radical (unpaired) electrons. The van der Waals surface area contributed by atoms with Crippen molar-refractivity contribution in [2.24, 2.45) is 5.41 Å². The number of nitrogens with one attached hydrogen (secondary N) is 1. The minimum Gasteiger partial charge on any atom is -0.313 e. The zero-order chi connectivity index (χ0) is 13.9. The Labute approximate surface area is 118 Å². The van der Waals surface area contributed by atoms with E-state index in [-0.39, 0.29) is 0 Å². The Morgan fingerprint density at radius 2 is 1.84 bits per heavy atom. The second kappa shape index (κ2) is 6.09. The Morgan fingerprint density at radius 3 is 2.37 bits per heavy atom. The molecule has 1 aromatic carbocycles. The van der Waals surface area contributed by atoms with Crippen molar-refractivity contribution < 1.29 is 0 Å². The lowest BCUT2D eigenvalue weighted by atomic mass is 9.54. The number of hydrogen-bond acceptors (Lipinski definition) is 1. The lowest BCUT2D eigenvalue weighted by Gasteiger charge is -2.55. The van der Waals surface area contributed by atoms with Crippen LogP contribution in [-0.2, 0) is 6.42 Å². The third-order valence-corrected chi connectivity index (χ3v) is 5.26. The van der Waals surface area contributed by atoms with Gasteiger partial charge in [-0.15, -0.1) is 0 Å². The van der Waals surface area contributed by atoms with Gasteiger partial charge in [0.25, 0.3) is 0 Å². The van der Waals surface area contributed by atoms with E-state index in [0.717, 1.165) is 18.9 Å². The normalized spacial score (nSPS) is 30.1. The van der Waals surface area contributed by atoms with Gasteiger partial charge in [-0.3, -0.25) is 0 Å². The molecule has 1 nitrogen and oxygen atoms in total. The van der Waals surface area contributed by atoms with Crippen LogP contribution in [0.25, 0.3) is 0 Å². The minimum atomic E-state index is 0.433. The van der Waals surface area contributed by atoms with Crippen molar-refractivity contribution in [1.82, 2.24) is 5.32 Å². The summed E-state index contributed by atoms with van der Waals surface area (Å²) in [5, 5.41) is 3.73. The molecule has 1 N–H and O–H groups in total. The van der Waals surface area contributed by atoms with Crippen LogP contribution < -0.4 is 5.32 Å². The predicted molar refractivity (Wildman–Crippen MR) is 83.7 cm³/mol. The van der Waals surface area contributed by atoms with Gasteiger partial charge in [0.2, 0.25) is 0 Å². The van der Waals surface area contributed by atoms with Crippen molar-refractivity contribution in [2.75, 3.05) is 6.54 Å². The average Bonchev–Trinajstić information content (AvgIpc) is 2.46. The first kappa shape index (κ1) is 14.6. The van der Waals surface area contributed by atoms with Gasteiger partial charge in [-0.05, 0) is 54.7 Å². The van der Waals surface area contributed by atoms with Gasteiger partial charge in [-0.2, -0.15) is 0 Å². The van der Waals surface area contributed by atoms with E-state index in [9.17, 15) is 0 Å². The summed E-state index contributed by atoms with van der Waals surface area (Å²) in [6.07, 6.45) is 4.92. The first-order valence-corrected chi connectivity index (χ1v) is 7.97. The summed E-state index contributed by atoms with van der Waals surface area (Å²) in [7, 11) is 0. The fraction of sp³-hybridized carbons (Fsp3) is 0.667. The maximum Gasteiger partial charge on any atom is 0.0133 e. The van der Waals surface area contributed by atoms with Gasteiger partial charge in [0.05, 0.1) is 0 Å². The highest BCUT2D eigenvalue weighted by Gasteiger charge is 2.50. The summed E-state index contributed by atoms with van der Waals surface area (Å²) in [5.41, 5.74) is 3.42. The molecule has 0 aliphatic heterocycles.